The number of rotatable bonds is 6. The Kier molecular flexibility index (Phi) is 6.71. The van der Waals surface area contributed by atoms with Gasteiger partial charge in [-0.3, -0.25) is 9.97 Å². The molecule has 0 amide bonds. The fourth-order valence-electron chi connectivity index (χ4n) is 3.61. The summed E-state index contributed by atoms with van der Waals surface area (Å²) in [6.45, 7) is 25.6. The molecule has 0 saturated carbocycles. The summed E-state index contributed by atoms with van der Waals surface area (Å²) in [4.78, 5) is 19.1. The summed E-state index contributed by atoms with van der Waals surface area (Å²) >= 11 is 0. The van der Waals surface area contributed by atoms with Crippen LogP contribution in [0.15, 0.2) is 19.0 Å². The molecule has 0 fully saturated rings. The van der Waals surface area contributed by atoms with Crippen molar-refractivity contribution >= 4 is 11.9 Å². The maximum absolute atomic E-state index is 6.34. The Hall–Kier alpha value is -2.30. The van der Waals surface area contributed by atoms with Crippen molar-refractivity contribution in [2.24, 2.45) is 0 Å². The maximum Gasteiger partial charge on any atom is 0.146 e. The van der Waals surface area contributed by atoms with Crippen LogP contribution in [0.3, 0.4) is 0 Å². The van der Waals surface area contributed by atoms with Crippen LogP contribution in [-0.2, 0) is 21.7 Å². The Morgan fingerprint density at radius 2 is 1.26 bits per heavy atom. The molecule has 0 aromatic carbocycles. The van der Waals surface area contributed by atoms with Crippen LogP contribution in [0.25, 0.3) is 6.08 Å². The van der Waals surface area contributed by atoms with Crippen LogP contribution in [0.5, 0.6) is 0 Å². The fraction of sp³-hybridized carbons (Fsp3) is 0.615. The molecule has 170 valence electrons. The number of hydrogen-bond donors (Lipinski definition) is 1. The zero-order valence-electron chi connectivity index (χ0n) is 21.2. The van der Waals surface area contributed by atoms with Gasteiger partial charge >= 0.3 is 0 Å². The molecular weight excluding hydrogens is 382 g/mol. The van der Waals surface area contributed by atoms with E-state index in [0.717, 1.165) is 41.3 Å². The molecule has 0 aliphatic heterocycles. The van der Waals surface area contributed by atoms with Gasteiger partial charge in [-0.25, -0.2) is 9.97 Å². The molecule has 0 unspecified atom stereocenters. The standard InChI is InChI=1S/C26H41N5/c1-12-17-20(24(5,6)7)28-16-19(30-17)25(8,9)13-14-26(10,11)21-22(27)31-18(15-29-21)23(2,3)4/h12,15-16H,1,13-14H2,2-11H3,(H2,27,31). The fourth-order valence-corrected chi connectivity index (χ4v) is 3.61. The highest BCUT2D eigenvalue weighted by Crippen LogP contribution is 2.37. The normalized spacial score (nSPS) is 13.4. The third-order valence-electron chi connectivity index (χ3n) is 5.98. The van der Waals surface area contributed by atoms with Crippen molar-refractivity contribution in [2.45, 2.75) is 104 Å². The molecule has 0 spiro atoms. The van der Waals surface area contributed by atoms with E-state index in [-0.39, 0.29) is 21.7 Å². The van der Waals surface area contributed by atoms with Gasteiger partial charge in [-0.15, -0.1) is 0 Å². The van der Waals surface area contributed by atoms with E-state index < -0.39 is 0 Å². The monoisotopic (exact) mass is 423 g/mol. The van der Waals surface area contributed by atoms with Gasteiger partial charge in [0.25, 0.3) is 0 Å². The van der Waals surface area contributed by atoms with Gasteiger partial charge in [0.2, 0.25) is 0 Å². The predicted octanol–water partition coefficient (Wildman–Crippen LogP) is 6.12. The second-order valence-corrected chi connectivity index (χ2v) is 12.0. The van der Waals surface area contributed by atoms with Crippen LogP contribution in [0, 0.1) is 0 Å². The van der Waals surface area contributed by atoms with Crippen molar-refractivity contribution in [2.75, 3.05) is 5.73 Å². The predicted molar refractivity (Wildman–Crippen MR) is 131 cm³/mol. The Balaban J connectivity index is 2.27. The summed E-state index contributed by atoms with van der Waals surface area (Å²) in [5, 5.41) is 0. The van der Waals surface area contributed by atoms with Crippen LogP contribution in [0.1, 0.15) is 111 Å². The van der Waals surface area contributed by atoms with E-state index >= 15 is 0 Å². The van der Waals surface area contributed by atoms with Gasteiger partial charge in [0.1, 0.15) is 5.82 Å². The Morgan fingerprint density at radius 1 is 0.742 bits per heavy atom. The van der Waals surface area contributed by atoms with Crippen molar-refractivity contribution in [1.82, 2.24) is 19.9 Å². The molecular formula is C26H41N5. The first-order valence-electron chi connectivity index (χ1n) is 11.1. The summed E-state index contributed by atoms with van der Waals surface area (Å²) in [6, 6.07) is 0. The Labute approximate surface area is 189 Å². The molecule has 5 nitrogen and oxygen atoms in total. The lowest BCUT2D eigenvalue weighted by atomic mass is 9.75. The molecule has 0 radical (unpaired) electrons. The largest absolute Gasteiger partial charge is 0.382 e. The summed E-state index contributed by atoms with van der Waals surface area (Å²) < 4.78 is 0. The van der Waals surface area contributed by atoms with Crippen LogP contribution >= 0.6 is 0 Å². The molecule has 2 rings (SSSR count). The summed E-state index contributed by atoms with van der Waals surface area (Å²) in [7, 11) is 0. The van der Waals surface area contributed by atoms with Crippen molar-refractivity contribution in [3.05, 3.63) is 47.4 Å². The Morgan fingerprint density at radius 3 is 1.74 bits per heavy atom. The number of nitrogens with two attached hydrogens (primary N) is 1. The average molecular weight is 424 g/mol. The minimum Gasteiger partial charge on any atom is -0.382 e. The quantitative estimate of drug-likeness (QED) is 0.605. The highest BCUT2D eigenvalue weighted by molar-refractivity contribution is 5.47. The molecule has 5 heteroatoms. The van der Waals surface area contributed by atoms with Gasteiger partial charge in [-0.1, -0.05) is 75.8 Å². The number of hydrogen-bond acceptors (Lipinski definition) is 5. The molecule has 2 aromatic heterocycles. The maximum atomic E-state index is 6.34. The van der Waals surface area contributed by atoms with Gasteiger partial charge in [-0.05, 0) is 18.9 Å². The molecule has 31 heavy (non-hydrogen) atoms. The highest BCUT2D eigenvalue weighted by atomic mass is 14.9. The van der Waals surface area contributed by atoms with Crippen LogP contribution < -0.4 is 5.73 Å². The molecule has 0 atom stereocenters. The molecule has 0 saturated heterocycles. The van der Waals surface area contributed by atoms with Gasteiger partial charge < -0.3 is 5.73 Å². The van der Waals surface area contributed by atoms with E-state index in [4.69, 9.17) is 20.7 Å². The number of aromatic nitrogens is 4. The third-order valence-corrected chi connectivity index (χ3v) is 5.98. The average Bonchev–Trinajstić information content (AvgIpc) is 2.64. The lowest BCUT2D eigenvalue weighted by Crippen LogP contribution is -2.28. The molecule has 0 aliphatic rings. The first-order chi connectivity index (χ1) is 14.0. The van der Waals surface area contributed by atoms with Gasteiger partial charge in [-0.2, -0.15) is 0 Å². The zero-order chi connectivity index (χ0) is 23.8. The lowest BCUT2D eigenvalue weighted by Gasteiger charge is -2.32. The SMILES string of the molecule is C=Cc1nc(C(C)(C)CCC(C)(C)c2ncc(C(C)(C)C)nc2N)cnc1C(C)(C)C. The van der Waals surface area contributed by atoms with Crippen LogP contribution in [-0.4, -0.2) is 19.9 Å². The van der Waals surface area contributed by atoms with E-state index in [1.807, 2.05) is 18.5 Å². The second-order valence-electron chi connectivity index (χ2n) is 12.0. The lowest BCUT2D eigenvalue weighted by molar-refractivity contribution is 0.362. The molecule has 2 heterocycles. The summed E-state index contributed by atoms with van der Waals surface area (Å²) in [5.41, 5.74) is 10.4. The topological polar surface area (TPSA) is 77.6 Å². The van der Waals surface area contributed by atoms with Crippen LogP contribution in [0.2, 0.25) is 0 Å². The van der Waals surface area contributed by atoms with Crippen molar-refractivity contribution in [3.8, 4) is 0 Å². The number of anilines is 1. The van der Waals surface area contributed by atoms with E-state index in [0.29, 0.717) is 5.82 Å². The third kappa shape index (κ3) is 5.69. The first-order valence-corrected chi connectivity index (χ1v) is 11.1. The van der Waals surface area contributed by atoms with Gasteiger partial charge in [0.15, 0.2) is 0 Å². The van der Waals surface area contributed by atoms with E-state index in [2.05, 4.69) is 80.8 Å². The van der Waals surface area contributed by atoms with Gasteiger partial charge in [0.05, 0.1) is 28.5 Å². The first kappa shape index (κ1) is 25.0. The highest BCUT2D eigenvalue weighted by Gasteiger charge is 2.32. The minimum absolute atomic E-state index is 0.0728. The molecule has 2 aromatic rings. The summed E-state index contributed by atoms with van der Waals surface area (Å²) in [5.74, 6) is 0.526. The second kappa shape index (κ2) is 8.33. The van der Waals surface area contributed by atoms with E-state index in [9.17, 15) is 0 Å². The van der Waals surface area contributed by atoms with Crippen molar-refractivity contribution in [3.63, 3.8) is 0 Å². The van der Waals surface area contributed by atoms with Crippen molar-refractivity contribution < 1.29 is 0 Å². The van der Waals surface area contributed by atoms with E-state index in [1.54, 1.807) is 0 Å². The zero-order valence-corrected chi connectivity index (χ0v) is 21.2. The number of nitrogens with zero attached hydrogens (tertiary/aromatic N) is 4. The number of nitrogen functional groups attached to an aromatic ring is 1. The molecule has 0 aliphatic carbocycles. The van der Waals surface area contributed by atoms with E-state index in [1.165, 1.54) is 0 Å². The van der Waals surface area contributed by atoms with Crippen LogP contribution in [0.4, 0.5) is 5.82 Å². The summed E-state index contributed by atoms with van der Waals surface area (Å²) in [6.07, 6.45) is 7.42. The molecule has 2 N–H and O–H groups in total. The minimum atomic E-state index is -0.204. The Bertz CT molecular complexity index is 943. The van der Waals surface area contributed by atoms with Gasteiger partial charge in [0, 0.05) is 34.1 Å². The van der Waals surface area contributed by atoms with Crippen molar-refractivity contribution in [1.29, 1.82) is 0 Å². The molecule has 0 bridgehead atoms. The smallest absolute Gasteiger partial charge is 0.146 e.